The molecule has 0 aromatic carbocycles. The zero-order valence-corrected chi connectivity index (χ0v) is 17.7. The molecule has 2 heterocycles. The monoisotopic (exact) mass is 381 g/mol. The molecule has 0 aromatic rings. The Morgan fingerprint density at radius 1 is 1.32 bits per heavy atom. The molecular weight excluding hydrogens is 346 g/mol. The van der Waals surface area contributed by atoms with Gasteiger partial charge in [0.25, 0.3) is 0 Å². The number of likely N-dealkylation sites (tertiary alicyclic amines) is 1. The predicted octanol–water partition coefficient (Wildman–Crippen LogP) is 5.47. The summed E-state index contributed by atoms with van der Waals surface area (Å²) >= 11 is 0. The van der Waals surface area contributed by atoms with Crippen molar-refractivity contribution in [2.45, 2.75) is 46.5 Å². The van der Waals surface area contributed by atoms with Crippen LogP contribution >= 0.6 is 0 Å². The van der Waals surface area contributed by atoms with E-state index in [1.807, 2.05) is 37.4 Å². The summed E-state index contributed by atoms with van der Waals surface area (Å²) in [5, 5.41) is 0. The Kier molecular flexibility index (Phi) is 9.53. The topological polar surface area (TPSA) is 37.2 Å². The normalized spacial score (nSPS) is 23.7. The van der Waals surface area contributed by atoms with Gasteiger partial charge in [0.05, 0.1) is 23.7 Å². The number of hydrogen-bond donors (Lipinski definition) is 0. The van der Waals surface area contributed by atoms with Crippen molar-refractivity contribution in [3.05, 3.63) is 60.2 Å². The van der Waals surface area contributed by atoms with E-state index in [2.05, 4.69) is 42.5 Å². The smallest absolute Gasteiger partial charge is 0.126 e. The minimum Gasteiger partial charge on any atom is -0.492 e. The Bertz CT molecular complexity index is 687. The SMILES string of the molecule is C=C(/C(=C/CC)N=C(C)CO/C1=C/C=C\CN=C/C=C\C1)N1CCC(C)CC1. The first-order valence-electron chi connectivity index (χ1n) is 10.4. The Morgan fingerprint density at radius 2 is 2.11 bits per heavy atom. The Labute approximate surface area is 170 Å². The molecule has 0 aliphatic carbocycles. The summed E-state index contributed by atoms with van der Waals surface area (Å²) in [6.45, 7) is 14.1. The highest BCUT2D eigenvalue weighted by Gasteiger charge is 2.18. The Morgan fingerprint density at radius 3 is 2.86 bits per heavy atom. The first-order chi connectivity index (χ1) is 13.6. The zero-order valence-electron chi connectivity index (χ0n) is 17.7. The molecule has 2 aliphatic rings. The van der Waals surface area contributed by atoms with Gasteiger partial charge in [-0.25, -0.2) is 0 Å². The highest BCUT2D eigenvalue weighted by molar-refractivity contribution is 5.84. The van der Waals surface area contributed by atoms with Gasteiger partial charge in [-0.15, -0.1) is 0 Å². The van der Waals surface area contributed by atoms with Crippen LogP contribution in [0.1, 0.15) is 46.5 Å². The molecule has 2 aliphatic heterocycles. The van der Waals surface area contributed by atoms with Gasteiger partial charge in [-0.05, 0) is 44.3 Å². The van der Waals surface area contributed by atoms with E-state index in [0.717, 1.165) is 54.7 Å². The van der Waals surface area contributed by atoms with Gasteiger partial charge in [0.1, 0.15) is 12.4 Å². The molecule has 28 heavy (non-hydrogen) atoms. The van der Waals surface area contributed by atoms with E-state index < -0.39 is 0 Å². The molecule has 0 radical (unpaired) electrons. The number of aliphatic imine (C=N–C) groups is 2. The summed E-state index contributed by atoms with van der Waals surface area (Å²) in [5.41, 5.74) is 2.98. The van der Waals surface area contributed by atoms with E-state index in [1.165, 1.54) is 12.8 Å². The number of allylic oxidation sites excluding steroid dienone is 5. The fraction of sp³-hybridized carbons (Fsp3) is 0.500. The summed E-state index contributed by atoms with van der Waals surface area (Å²) in [5.74, 6) is 1.74. The molecule has 0 atom stereocenters. The summed E-state index contributed by atoms with van der Waals surface area (Å²) in [6, 6.07) is 0. The summed E-state index contributed by atoms with van der Waals surface area (Å²) in [7, 11) is 0. The molecule has 152 valence electrons. The number of ether oxygens (including phenoxy) is 1. The molecule has 0 spiro atoms. The lowest BCUT2D eigenvalue weighted by Gasteiger charge is -2.33. The number of nitrogens with zero attached hydrogens (tertiary/aromatic N) is 3. The van der Waals surface area contributed by atoms with Crippen LogP contribution in [0.2, 0.25) is 0 Å². The van der Waals surface area contributed by atoms with Crippen LogP contribution in [0.15, 0.2) is 70.2 Å². The molecule has 0 aromatic heterocycles. The van der Waals surface area contributed by atoms with E-state index in [9.17, 15) is 0 Å². The van der Waals surface area contributed by atoms with Crippen LogP contribution in [-0.4, -0.2) is 43.1 Å². The van der Waals surface area contributed by atoms with E-state index in [0.29, 0.717) is 13.2 Å². The Balaban J connectivity index is 1.98. The van der Waals surface area contributed by atoms with Crippen molar-refractivity contribution >= 4 is 11.9 Å². The lowest BCUT2D eigenvalue weighted by Crippen LogP contribution is -2.32. The predicted molar refractivity (Wildman–Crippen MR) is 121 cm³/mol. The number of piperidine rings is 1. The molecule has 0 unspecified atom stereocenters. The highest BCUT2D eigenvalue weighted by Crippen LogP contribution is 2.24. The molecule has 4 heteroatoms. The van der Waals surface area contributed by atoms with Gasteiger partial charge in [-0.1, -0.05) is 44.7 Å². The number of rotatable bonds is 7. The van der Waals surface area contributed by atoms with Crippen molar-refractivity contribution in [3.8, 4) is 0 Å². The van der Waals surface area contributed by atoms with Crippen molar-refractivity contribution in [1.82, 2.24) is 4.90 Å². The van der Waals surface area contributed by atoms with Crippen molar-refractivity contribution in [3.63, 3.8) is 0 Å². The molecule has 1 fully saturated rings. The average molecular weight is 382 g/mol. The first kappa shape index (κ1) is 21.9. The van der Waals surface area contributed by atoms with Crippen LogP contribution in [0.5, 0.6) is 0 Å². The van der Waals surface area contributed by atoms with Gasteiger partial charge in [0.15, 0.2) is 0 Å². The van der Waals surface area contributed by atoms with Crippen molar-refractivity contribution in [2.75, 3.05) is 26.2 Å². The maximum Gasteiger partial charge on any atom is 0.126 e. The fourth-order valence-electron chi connectivity index (χ4n) is 3.14. The van der Waals surface area contributed by atoms with Gasteiger partial charge in [0.2, 0.25) is 0 Å². The van der Waals surface area contributed by atoms with Crippen molar-refractivity contribution < 1.29 is 4.74 Å². The molecule has 0 N–H and O–H groups in total. The quantitative estimate of drug-likeness (QED) is 0.433. The van der Waals surface area contributed by atoms with Gasteiger partial charge in [-0.2, -0.15) is 0 Å². The molecule has 0 bridgehead atoms. The molecule has 4 nitrogen and oxygen atoms in total. The number of hydrogen-bond acceptors (Lipinski definition) is 4. The molecule has 0 amide bonds. The van der Waals surface area contributed by atoms with Crippen LogP contribution in [0.25, 0.3) is 0 Å². The third-order valence-electron chi connectivity index (χ3n) is 4.91. The lowest BCUT2D eigenvalue weighted by molar-refractivity contribution is 0.241. The molecule has 1 saturated heterocycles. The second kappa shape index (κ2) is 12.2. The zero-order chi connectivity index (χ0) is 20.2. The molecule has 0 saturated carbocycles. The average Bonchev–Trinajstić information content (AvgIpc) is 2.70. The maximum absolute atomic E-state index is 6.01. The third kappa shape index (κ3) is 7.71. The van der Waals surface area contributed by atoms with E-state index in [4.69, 9.17) is 9.73 Å². The van der Waals surface area contributed by atoms with E-state index >= 15 is 0 Å². The van der Waals surface area contributed by atoms with Gasteiger partial charge in [-0.3, -0.25) is 9.98 Å². The van der Waals surface area contributed by atoms with Gasteiger partial charge >= 0.3 is 0 Å². The third-order valence-corrected chi connectivity index (χ3v) is 4.91. The second-order valence-corrected chi connectivity index (χ2v) is 7.46. The summed E-state index contributed by atoms with van der Waals surface area (Å²) in [6.07, 6.45) is 18.2. The van der Waals surface area contributed by atoms with Crippen LogP contribution in [0, 0.1) is 5.92 Å². The molecular formula is C24H35N3O. The largest absolute Gasteiger partial charge is 0.492 e. The highest BCUT2D eigenvalue weighted by atomic mass is 16.5. The van der Waals surface area contributed by atoms with Crippen molar-refractivity contribution in [1.29, 1.82) is 0 Å². The summed E-state index contributed by atoms with van der Waals surface area (Å²) in [4.78, 5) is 11.5. The van der Waals surface area contributed by atoms with Crippen LogP contribution in [0.4, 0.5) is 0 Å². The van der Waals surface area contributed by atoms with Gasteiger partial charge < -0.3 is 9.64 Å². The minimum absolute atomic E-state index is 0.479. The fourth-order valence-corrected chi connectivity index (χ4v) is 3.14. The van der Waals surface area contributed by atoms with Crippen LogP contribution in [-0.2, 0) is 4.74 Å². The standard InChI is InChI=1S/C24H35N3O/c1-5-10-24(22(4)27-17-13-20(2)14-18-27)26-21(3)19-28-23-11-6-8-15-25-16-9-7-12-23/h6-11,16,20H,4-5,12-15,17-19H2,1-3H3/b8-6-,9-7-,23-11+,24-10-,25-16?,26-21?. The lowest BCUT2D eigenvalue weighted by atomic mass is 9.98. The first-order valence-corrected chi connectivity index (χ1v) is 10.4. The minimum atomic E-state index is 0.479. The Hall–Kier alpha value is -2.36. The summed E-state index contributed by atoms with van der Waals surface area (Å²) < 4.78 is 6.01. The molecule has 2 rings (SSSR count). The van der Waals surface area contributed by atoms with Crippen LogP contribution < -0.4 is 0 Å². The van der Waals surface area contributed by atoms with Crippen LogP contribution in [0.3, 0.4) is 0 Å². The van der Waals surface area contributed by atoms with Gasteiger partial charge in [0, 0.05) is 25.7 Å². The van der Waals surface area contributed by atoms with E-state index in [1.54, 1.807) is 0 Å². The van der Waals surface area contributed by atoms with Crippen molar-refractivity contribution in [2.24, 2.45) is 15.9 Å². The maximum atomic E-state index is 6.01. The second-order valence-electron chi connectivity index (χ2n) is 7.46. The van der Waals surface area contributed by atoms with E-state index in [-0.39, 0.29) is 0 Å².